The summed E-state index contributed by atoms with van der Waals surface area (Å²) in [6, 6.07) is 11.8. The summed E-state index contributed by atoms with van der Waals surface area (Å²) in [7, 11) is 2.08. The van der Waals surface area contributed by atoms with Gasteiger partial charge in [0.2, 0.25) is 0 Å². The van der Waals surface area contributed by atoms with E-state index in [1.807, 2.05) is 11.3 Å². The number of likely N-dealkylation sites (N-methyl/N-ethyl adjacent to an activating group) is 1. The summed E-state index contributed by atoms with van der Waals surface area (Å²) >= 11 is 2.03. The van der Waals surface area contributed by atoms with Crippen LogP contribution in [0, 0.1) is 6.92 Å². The second-order valence-corrected chi connectivity index (χ2v) is 7.00. The summed E-state index contributed by atoms with van der Waals surface area (Å²) in [6.45, 7) is 2.15. The summed E-state index contributed by atoms with van der Waals surface area (Å²) in [5.41, 5.74) is 4.36. The Morgan fingerprint density at radius 2 is 1.90 bits per heavy atom. The molecule has 1 atom stereocenters. The van der Waals surface area contributed by atoms with Gasteiger partial charge in [-0.2, -0.15) is 0 Å². The first-order valence-electron chi connectivity index (χ1n) is 7.60. The molecule has 1 nitrogen and oxygen atoms in total. The zero-order valence-corrected chi connectivity index (χ0v) is 13.2. The van der Waals surface area contributed by atoms with Crippen molar-refractivity contribution in [2.24, 2.45) is 0 Å². The van der Waals surface area contributed by atoms with Crippen LogP contribution in [-0.4, -0.2) is 7.05 Å². The van der Waals surface area contributed by atoms with Gasteiger partial charge < -0.3 is 5.32 Å². The third kappa shape index (κ3) is 2.97. The lowest BCUT2D eigenvalue weighted by Gasteiger charge is -2.14. The first kappa shape index (κ1) is 13.8. The second-order valence-electron chi connectivity index (χ2n) is 5.84. The largest absolute Gasteiger partial charge is 0.312 e. The predicted molar refractivity (Wildman–Crippen MR) is 87.6 cm³/mol. The molecule has 1 aromatic carbocycles. The van der Waals surface area contributed by atoms with E-state index in [2.05, 4.69) is 49.6 Å². The second kappa shape index (κ2) is 6.11. The first-order valence-corrected chi connectivity index (χ1v) is 8.42. The van der Waals surface area contributed by atoms with E-state index in [1.54, 1.807) is 10.4 Å². The van der Waals surface area contributed by atoms with E-state index in [0.717, 1.165) is 6.42 Å². The maximum absolute atomic E-state index is 3.50. The summed E-state index contributed by atoms with van der Waals surface area (Å²) in [6.07, 6.45) is 6.39. The lowest BCUT2D eigenvalue weighted by Crippen LogP contribution is -2.17. The van der Waals surface area contributed by atoms with E-state index in [9.17, 15) is 0 Å². The van der Waals surface area contributed by atoms with Gasteiger partial charge in [-0.1, -0.05) is 29.8 Å². The normalized spacial score (nSPS) is 15.9. The molecule has 20 heavy (non-hydrogen) atoms. The standard InChI is InChI=1S/C18H23NS/c1-13-7-9-14(10-8-13)11-16(19-2)18-12-15-5-3-4-6-17(15)20-18/h7-10,12,16,19H,3-6,11H2,1-2H3. The maximum atomic E-state index is 3.50. The number of hydrogen-bond donors (Lipinski definition) is 1. The third-order valence-electron chi connectivity index (χ3n) is 4.27. The number of fused-ring (bicyclic) bond motifs is 1. The maximum Gasteiger partial charge on any atom is 0.0453 e. The molecule has 0 spiro atoms. The lowest BCUT2D eigenvalue weighted by molar-refractivity contribution is 0.601. The Morgan fingerprint density at radius 3 is 2.60 bits per heavy atom. The Balaban J connectivity index is 1.79. The summed E-state index contributed by atoms with van der Waals surface area (Å²) in [4.78, 5) is 3.15. The number of aryl methyl sites for hydroxylation is 3. The molecule has 2 aromatic rings. The van der Waals surface area contributed by atoms with Crippen LogP contribution in [0.4, 0.5) is 0 Å². The Labute approximate surface area is 126 Å². The van der Waals surface area contributed by atoms with Crippen molar-refractivity contribution in [2.75, 3.05) is 7.05 Å². The van der Waals surface area contributed by atoms with Gasteiger partial charge in [-0.3, -0.25) is 0 Å². The number of hydrogen-bond acceptors (Lipinski definition) is 2. The van der Waals surface area contributed by atoms with E-state index in [1.165, 1.54) is 41.7 Å². The molecule has 2 heteroatoms. The van der Waals surface area contributed by atoms with Crippen molar-refractivity contribution in [2.45, 2.75) is 45.1 Å². The minimum Gasteiger partial charge on any atom is -0.312 e. The van der Waals surface area contributed by atoms with Crippen molar-refractivity contribution in [3.63, 3.8) is 0 Å². The summed E-state index contributed by atoms with van der Waals surface area (Å²) in [5.74, 6) is 0. The van der Waals surface area contributed by atoms with Crippen molar-refractivity contribution >= 4 is 11.3 Å². The third-order valence-corrected chi connectivity index (χ3v) is 5.62. The molecule has 0 saturated carbocycles. The molecule has 0 fully saturated rings. The quantitative estimate of drug-likeness (QED) is 0.876. The van der Waals surface area contributed by atoms with Crippen LogP contribution in [0.25, 0.3) is 0 Å². The molecule has 0 aliphatic heterocycles. The SMILES string of the molecule is CNC(Cc1ccc(C)cc1)c1cc2c(s1)CCCC2. The van der Waals surface area contributed by atoms with Gasteiger partial charge in [0, 0.05) is 15.8 Å². The van der Waals surface area contributed by atoms with Gasteiger partial charge in [0.15, 0.2) is 0 Å². The van der Waals surface area contributed by atoms with Gasteiger partial charge in [-0.25, -0.2) is 0 Å². The van der Waals surface area contributed by atoms with Crippen molar-refractivity contribution in [3.05, 3.63) is 56.8 Å². The highest BCUT2D eigenvalue weighted by Crippen LogP contribution is 2.33. The molecule has 1 N–H and O–H groups in total. The van der Waals surface area contributed by atoms with Crippen molar-refractivity contribution in [3.8, 4) is 0 Å². The number of benzene rings is 1. The molecule has 3 rings (SSSR count). The van der Waals surface area contributed by atoms with Gasteiger partial charge in [-0.15, -0.1) is 11.3 Å². The monoisotopic (exact) mass is 285 g/mol. The van der Waals surface area contributed by atoms with Gasteiger partial charge in [-0.05, 0) is 63.3 Å². The fourth-order valence-electron chi connectivity index (χ4n) is 2.99. The molecule has 0 bridgehead atoms. The Kier molecular flexibility index (Phi) is 4.23. The Bertz CT molecular complexity index is 544. The van der Waals surface area contributed by atoms with Gasteiger partial charge in [0.1, 0.15) is 0 Å². The van der Waals surface area contributed by atoms with E-state index in [4.69, 9.17) is 0 Å². The Hall–Kier alpha value is -1.12. The number of rotatable bonds is 4. The molecule has 0 radical (unpaired) electrons. The fourth-order valence-corrected chi connectivity index (χ4v) is 4.36. The predicted octanol–water partition coefficient (Wildman–Crippen LogP) is 4.44. The number of nitrogens with one attached hydrogen (secondary N) is 1. The smallest absolute Gasteiger partial charge is 0.0453 e. The van der Waals surface area contributed by atoms with Crippen LogP contribution < -0.4 is 5.32 Å². The minimum atomic E-state index is 0.452. The van der Waals surface area contributed by atoms with Crippen LogP contribution in [0.15, 0.2) is 30.3 Å². The average Bonchev–Trinajstić information content (AvgIpc) is 2.90. The fraction of sp³-hybridized carbons (Fsp3) is 0.444. The molecule has 1 aliphatic rings. The molecule has 1 unspecified atom stereocenters. The van der Waals surface area contributed by atoms with E-state index in [0.29, 0.717) is 6.04 Å². The van der Waals surface area contributed by atoms with Crippen LogP contribution in [0.3, 0.4) is 0 Å². The molecular formula is C18H23NS. The molecule has 0 saturated heterocycles. The zero-order valence-electron chi connectivity index (χ0n) is 12.4. The van der Waals surface area contributed by atoms with Crippen molar-refractivity contribution in [1.29, 1.82) is 0 Å². The highest BCUT2D eigenvalue weighted by Gasteiger charge is 2.18. The van der Waals surface area contributed by atoms with Gasteiger partial charge in [0.05, 0.1) is 0 Å². The average molecular weight is 285 g/mol. The zero-order chi connectivity index (χ0) is 13.9. The molecule has 1 aliphatic carbocycles. The highest BCUT2D eigenvalue weighted by molar-refractivity contribution is 7.12. The molecule has 0 amide bonds. The highest BCUT2D eigenvalue weighted by atomic mass is 32.1. The van der Waals surface area contributed by atoms with Crippen LogP contribution in [0.1, 0.15) is 45.3 Å². The van der Waals surface area contributed by atoms with Crippen LogP contribution in [0.5, 0.6) is 0 Å². The Morgan fingerprint density at radius 1 is 1.15 bits per heavy atom. The van der Waals surface area contributed by atoms with Gasteiger partial charge >= 0.3 is 0 Å². The topological polar surface area (TPSA) is 12.0 Å². The van der Waals surface area contributed by atoms with E-state index in [-0.39, 0.29) is 0 Å². The summed E-state index contributed by atoms with van der Waals surface area (Å²) < 4.78 is 0. The minimum absolute atomic E-state index is 0.452. The van der Waals surface area contributed by atoms with E-state index >= 15 is 0 Å². The molecule has 106 valence electrons. The lowest BCUT2D eigenvalue weighted by atomic mass is 9.97. The molecular weight excluding hydrogens is 262 g/mol. The van der Waals surface area contributed by atoms with Crippen LogP contribution in [-0.2, 0) is 19.3 Å². The molecule has 1 heterocycles. The number of thiophene rings is 1. The van der Waals surface area contributed by atoms with Crippen molar-refractivity contribution < 1.29 is 0 Å². The van der Waals surface area contributed by atoms with Gasteiger partial charge in [0.25, 0.3) is 0 Å². The van der Waals surface area contributed by atoms with Crippen molar-refractivity contribution in [1.82, 2.24) is 5.32 Å². The van der Waals surface area contributed by atoms with Crippen LogP contribution in [0.2, 0.25) is 0 Å². The molecule has 1 aromatic heterocycles. The van der Waals surface area contributed by atoms with E-state index < -0.39 is 0 Å². The van der Waals surface area contributed by atoms with Crippen LogP contribution >= 0.6 is 11.3 Å². The first-order chi connectivity index (χ1) is 9.76. The summed E-state index contributed by atoms with van der Waals surface area (Å²) in [5, 5.41) is 3.50.